The Balaban J connectivity index is 1.48. The number of benzene rings is 1. The number of nitrogens with two attached hydrogens (primary N) is 1. The van der Waals surface area contributed by atoms with Gasteiger partial charge in [0.2, 0.25) is 5.88 Å². The fourth-order valence-electron chi connectivity index (χ4n) is 3.54. The molecule has 1 aliphatic rings. The highest BCUT2D eigenvalue weighted by molar-refractivity contribution is 7.11. The maximum Gasteiger partial charge on any atom is 0.319 e. The van der Waals surface area contributed by atoms with Crippen LogP contribution in [0.25, 0.3) is 0 Å². The normalized spacial score (nSPS) is 15.0. The quantitative estimate of drug-likeness (QED) is 0.337. The second-order valence-corrected chi connectivity index (χ2v) is 8.92. The van der Waals surface area contributed by atoms with Gasteiger partial charge in [0.05, 0.1) is 24.9 Å². The van der Waals surface area contributed by atoms with E-state index < -0.39 is 36.3 Å². The molecule has 3 rings (SSSR count). The molecule has 10 nitrogen and oxygen atoms in total. The maximum atomic E-state index is 14.0. The van der Waals surface area contributed by atoms with Crippen molar-refractivity contribution in [2.75, 3.05) is 44.7 Å². The van der Waals surface area contributed by atoms with Crippen LogP contribution in [0.2, 0.25) is 0 Å². The van der Waals surface area contributed by atoms with E-state index in [0.717, 1.165) is 36.8 Å². The van der Waals surface area contributed by atoms with E-state index in [2.05, 4.69) is 19.9 Å². The van der Waals surface area contributed by atoms with Crippen LogP contribution in [0, 0.1) is 18.6 Å². The van der Waals surface area contributed by atoms with E-state index in [4.69, 9.17) is 15.2 Å². The third-order valence-corrected chi connectivity index (χ3v) is 6.09. The Morgan fingerprint density at radius 1 is 1.31 bits per heavy atom. The second kappa shape index (κ2) is 12.7. The molecule has 192 valence electrons. The molecular weight excluding hydrogens is 484 g/mol. The summed E-state index contributed by atoms with van der Waals surface area (Å²) in [5, 5.41) is 15.3. The van der Waals surface area contributed by atoms with Gasteiger partial charge < -0.3 is 25.6 Å². The fourth-order valence-corrected chi connectivity index (χ4v) is 4.28. The highest BCUT2D eigenvalue weighted by Crippen LogP contribution is 2.31. The number of primary amides is 1. The number of carbonyl (C=O) groups excluding carboxylic acids is 2. The van der Waals surface area contributed by atoms with Gasteiger partial charge in [0.15, 0.2) is 0 Å². The molecule has 1 saturated heterocycles. The van der Waals surface area contributed by atoms with Crippen molar-refractivity contribution in [1.82, 2.24) is 14.6 Å². The topological polar surface area (TPSA) is 139 Å². The monoisotopic (exact) mass is 513 g/mol. The lowest BCUT2D eigenvalue weighted by Crippen LogP contribution is -2.41. The van der Waals surface area contributed by atoms with Crippen LogP contribution in [0.1, 0.15) is 34.3 Å². The zero-order chi connectivity index (χ0) is 25.4. The predicted molar refractivity (Wildman–Crippen MR) is 126 cm³/mol. The predicted octanol–water partition coefficient (Wildman–Crippen LogP) is 2.00. The van der Waals surface area contributed by atoms with Crippen LogP contribution in [0.3, 0.4) is 0 Å². The summed E-state index contributed by atoms with van der Waals surface area (Å²) in [5.41, 5.74) is 5.31. The molecule has 1 aromatic carbocycles. The largest absolute Gasteiger partial charge is 0.471 e. The molecule has 0 saturated carbocycles. The minimum absolute atomic E-state index is 0.0437. The molecule has 0 radical (unpaired) electrons. The van der Waals surface area contributed by atoms with E-state index in [-0.39, 0.29) is 22.0 Å². The number of urea groups is 1. The van der Waals surface area contributed by atoms with Crippen molar-refractivity contribution in [1.29, 1.82) is 0 Å². The van der Waals surface area contributed by atoms with Crippen LogP contribution < -0.4 is 21.1 Å². The Morgan fingerprint density at radius 3 is 2.66 bits per heavy atom. The number of nitrogens with one attached hydrogen (secondary N) is 2. The molecule has 2 aromatic rings. The number of nitrogens with zero attached hydrogens (tertiary/aromatic N) is 2. The zero-order valence-electron chi connectivity index (χ0n) is 19.3. The van der Waals surface area contributed by atoms with Crippen molar-refractivity contribution in [2.24, 2.45) is 5.73 Å². The maximum absolute atomic E-state index is 14.0. The van der Waals surface area contributed by atoms with E-state index >= 15 is 0 Å². The molecule has 13 heteroatoms. The van der Waals surface area contributed by atoms with Crippen molar-refractivity contribution in [2.45, 2.75) is 32.5 Å². The van der Waals surface area contributed by atoms with Crippen molar-refractivity contribution in [3.05, 3.63) is 40.5 Å². The smallest absolute Gasteiger partial charge is 0.319 e. The Hall–Kier alpha value is -2.87. The summed E-state index contributed by atoms with van der Waals surface area (Å²) in [6, 6.07) is 1.73. The Morgan fingerprint density at radius 2 is 2.00 bits per heavy atom. The summed E-state index contributed by atoms with van der Waals surface area (Å²) in [6.07, 6.45) is 0.546. The average Bonchev–Trinajstić information content (AvgIpc) is 3.19. The first kappa shape index (κ1) is 26.7. The molecule has 1 fully saturated rings. The third kappa shape index (κ3) is 7.82. The Kier molecular flexibility index (Phi) is 9.72. The summed E-state index contributed by atoms with van der Waals surface area (Å²) in [7, 11) is 0. The van der Waals surface area contributed by atoms with Crippen molar-refractivity contribution in [3.8, 4) is 5.88 Å². The van der Waals surface area contributed by atoms with Crippen molar-refractivity contribution in [3.63, 3.8) is 0 Å². The SMILES string of the molecule is Cc1cc(F)c(COc2nsc(NC(=O)NCCCC(O)CN3CCOCC3)c2C(N)=O)c(F)c1. The third-order valence-electron chi connectivity index (χ3n) is 5.35. The number of aliphatic hydroxyl groups is 1. The van der Waals surface area contributed by atoms with Gasteiger partial charge in [-0.1, -0.05) is 0 Å². The first-order valence-corrected chi connectivity index (χ1v) is 11.9. The highest BCUT2D eigenvalue weighted by atomic mass is 32.1. The zero-order valence-corrected chi connectivity index (χ0v) is 20.1. The molecule has 1 atom stereocenters. The van der Waals surface area contributed by atoms with Gasteiger partial charge in [0.1, 0.15) is 28.8 Å². The number of aryl methyl sites for hydroxylation is 1. The summed E-state index contributed by atoms with van der Waals surface area (Å²) in [4.78, 5) is 26.3. The molecule has 35 heavy (non-hydrogen) atoms. The van der Waals surface area contributed by atoms with E-state index in [1.54, 1.807) is 6.92 Å². The van der Waals surface area contributed by atoms with E-state index in [0.29, 0.717) is 44.7 Å². The van der Waals surface area contributed by atoms with Gasteiger partial charge >= 0.3 is 6.03 Å². The van der Waals surface area contributed by atoms with Gasteiger partial charge in [-0.15, -0.1) is 0 Å². The first-order chi connectivity index (χ1) is 16.7. The van der Waals surface area contributed by atoms with Crippen molar-refractivity contribution >= 4 is 28.5 Å². The van der Waals surface area contributed by atoms with Gasteiger partial charge in [-0.2, -0.15) is 4.37 Å². The number of hydrogen-bond acceptors (Lipinski definition) is 8. The average molecular weight is 514 g/mol. The molecule has 0 spiro atoms. The number of ether oxygens (including phenoxy) is 2. The molecule has 3 amide bonds. The van der Waals surface area contributed by atoms with E-state index in [1.165, 1.54) is 0 Å². The van der Waals surface area contributed by atoms with Gasteiger partial charge in [0.25, 0.3) is 5.91 Å². The van der Waals surface area contributed by atoms with Crippen molar-refractivity contribution < 1.29 is 33.0 Å². The van der Waals surface area contributed by atoms with Gasteiger partial charge in [-0.3, -0.25) is 15.0 Å². The molecule has 5 N–H and O–H groups in total. The lowest BCUT2D eigenvalue weighted by Gasteiger charge is -2.28. The standard InChI is InChI=1S/C22H29F2N5O5S/c1-13-9-16(23)15(17(24)10-13)12-34-20-18(19(25)31)21(35-28-20)27-22(32)26-4-2-3-14(30)11-29-5-7-33-8-6-29/h9-10,14,30H,2-8,11-12H2,1H3,(H2,25,31)(H2,26,27,32). The van der Waals surface area contributed by atoms with Gasteiger partial charge in [-0.25, -0.2) is 13.6 Å². The lowest BCUT2D eigenvalue weighted by molar-refractivity contribution is 0.0129. The molecule has 0 bridgehead atoms. The Labute approximate surface area is 205 Å². The number of anilines is 1. The number of β-amino-alcohol motifs (C(OH)–C–C–N with tert-alkyl or cyclic N) is 1. The van der Waals surface area contributed by atoms with Gasteiger partial charge in [-0.05, 0) is 49.0 Å². The summed E-state index contributed by atoms with van der Waals surface area (Å²) in [5.74, 6) is -2.72. The van der Waals surface area contributed by atoms with Crippen LogP contribution in [-0.2, 0) is 11.3 Å². The van der Waals surface area contributed by atoms with E-state index in [1.807, 2.05) is 0 Å². The highest BCUT2D eigenvalue weighted by Gasteiger charge is 2.23. The number of aromatic nitrogens is 1. The van der Waals surface area contributed by atoms with Crippen LogP contribution in [0.4, 0.5) is 18.6 Å². The summed E-state index contributed by atoms with van der Waals surface area (Å²) >= 11 is 0.751. The molecule has 1 unspecified atom stereocenters. The van der Waals surface area contributed by atoms with Crippen LogP contribution >= 0.6 is 11.5 Å². The summed E-state index contributed by atoms with van der Waals surface area (Å²) in [6.45, 7) is 4.78. The molecule has 0 aliphatic carbocycles. The summed E-state index contributed by atoms with van der Waals surface area (Å²) < 4.78 is 42.7. The number of morpholine rings is 1. The van der Waals surface area contributed by atoms with Crippen LogP contribution in [0.5, 0.6) is 5.88 Å². The van der Waals surface area contributed by atoms with Gasteiger partial charge in [0, 0.05) is 26.2 Å². The number of carbonyl (C=O) groups is 2. The first-order valence-electron chi connectivity index (χ1n) is 11.1. The minimum atomic E-state index is -0.917. The van der Waals surface area contributed by atoms with Crippen LogP contribution in [0.15, 0.2) is 12.1 Å². The second-order valence-electron chi connectivity index (χ2n) is 8.14. The number of amides is 3. The number of hydrogen-bond donors (Lipinski definition) is 4. The van der Waals surface area contributed by atoms with Crippen LogP contribution in [-0.4, -0.2) is 71.8 Å². The molecular formula is C22H29F2N5O5S. The molecule has 1 aliphatic heterocycles. The number of rotatable bonds is 11. The fraction of sp³-hybridized carbons (Fsp3) is 0.500. The van der Waals surface area contributed by atoms with E-state index in [9.17, 15) is 23.5 Å². The Bertz CT molecular complexity index is 1010. The molecule has 2 heterocycles. The number of halogens is 2. The lowest BCUT2D eigenvalue weighted by atomic mass is 10.1. The molecule has 1 aromatic heterocycles. The number of aliphatic hydroxyl groups excluding tert-OH is 1. The minimum Gasteiger partial charge on any atom is -0.471 e.